The van der Waals surface area contributed by atoms with Gasteiger partial charge in [0.15, 0.2) is 6.61 Å². The number of carbonyl (C=O) groups is 2. The van der Waals surface area contributed by atoms with Gasteiger partial charge in [0.25, 0.3) is 0 Å². The smallest absolute Gasteiger partial charge is 0.422 e. The van der Waals surface area contributed by atoms with Crippen LogP contribution in [0.3, 0.4) is 0 Å². The molecular formula is C16H20F3N3O4. The van der Waals surface area contributed by atoms with Crippen LogP contribution in [0.2, 0.25) is 0 Å². The van der Waals surface area contributed by atoms with Gasteiger partial charge in [-0.1, -0.05) is 0 Å². The van der Waals surface area contributed by atoms with Crippen molar-refractivity contribution in [3.63, 3.8) is 0 Å². The molecule has 144 valence electrons. The van der Waals surface area contributed by atoms with Crippen LogP contribution in [0.1, 0.15) is 31.2 Å². The molecule has 1 fully saturated rings. The molecule has 1 aromatic rings. The number of pyridine rings is 1. The van der Waals surface area contributed by atoms with Gasteiger partial charge in [-0.15, -0.1) is 0 Å². The molecule has 3 N–H and O–H groups in total. The molecule has 0 aromatic carbocycles. The van der Waals surface area contributed by atoms with Crippen LogP contribution in [0.4, 0.5) is 18.0 Å². The van der Waals surface area contributed by atoms with E-state index in [1.165, 1.54) is 12.3 Å². The number of aromatic nitrogens is 1. The van der Waals surface area contributed by atoms with Gasteiger partial charge in [-0.25, -0.2) is 9.78 Å². The number of hydrogen-bond donors (Lipinski definition) is 3. The van der Waals surface area contributed by atoms with Gasteiger partial charge in [-0.05, 0) is 37.3 Å². The molecule has 0 aliphatic heterocycles. The number of hydrogen-bond acceptors (Lipinski definition) is 4. The van der Waals surface area contributed by atoms with Crippen LogP contribution < -0.4 is 15.4 Å². The highest BCUT2D eigenvalue weighted by atomic mass is 19.4. The number of carboxylic acids is 1. The molecule has 7 nitrogen and oxygen atoms in total. The van der Waals surface area contributed by atoms with Gasteiger partial charge in [-0.3, -0.25) is 4.79 Å². The Bertz CT molecular complexity index is 631. The van der Waals surface area contributed by atoms with Crippen LogP contribution >= 0.6 is 0 Å². The first-order chi connectivity index (χ1) is 12.2. The molecule has 0 saturated heterocycles. The Morgan fingerprint density at radius 2 is 1.96 bits per heavy atom. The Labute approximate surface area is 147 Å². The molecule has 1 heterocycles. The minimum atomic E-state index is -4.45. The van der Waals surface area contributed by atoms with E-state index < -0.39 is 24.8 Å². The fraction of sp³-hybridized carbons (Fsp3) is 0.562. The number of aliphatic carboxylic acids is 1. The molecule has 2 rings (SSSR count). The van der Waals surface area contributed by atoms with E-state index in [0.717, 1.165) is 0 Å². The van der Waals surface area contributed by atoms with Crippen molar-refractivity contribution in [2.24, 2.45) is 5.92 Å². The van der Waals surface area contributed by atoms with E-state index in [2.05, 4.69) is 20.4 Å². The Morgan fingerprint density at radius 1 is 1.27 bits per heavy atom. The minimum absolute atomic E-state index is 0.0891. The van der Waals surface area contributed by atoms with Crippen LogP contribution in [0.15, 0.2) is 18.3 Å². The quantitative estimate of drug-likeness (QED) is 0.709. The monoisotopic (exact) mass is 375 g/mol. The highest BCUT2D eigenvalue weighted by Crippen LogP contribution is 2.24. The summed E-state index contributed by atoms with van der Waals surface area (Å²) < 4.78 is 41.0. The maximum absolute atomic E-state index is 12.1. The number of alkyl halides is 3. The molecule has 2 amide bonds. The normalized spacial score (nSPS) is 20.3. The fourth-order valence-electron chi connectivity index (χ4n) is 2.70. The molecule has 26 heavy (non-hydrogen) atoms. The lowest BCUT2D eigenvalue weighted by Gasteiger charge is -2.26. The molecule has 0 radical (unpaired) electrons. The molecule has 1 saturated carbocycles. The second-order valence-corrected chi connectivity index (χ2v) is 6.12. The van der Waals surface area contributed by atoms with Gasteiger partial charge < -0.3 is 20.5 Å². The van der Waals surface area contributed by atoms with Gasteiger partial charge >= 0.3 is 18.2 Å². The van der Waals surface area contributed by atoms with E-state index in [-0.39, 0.29) is 24.4 Å². The minimum Gasteiger partial charge on any atom is -0.481 e. The molecule has 0 atom stereocenters. The van der Waals surface area contributed by atoms with E-state index >= 15 is 0 Å². The summed E-state index contributed by atoms with van der Waals surface area (Å²) in [4.78, 5) is 26.5. The van der Waals surface area contributed by atoms with Crippen molar-refractivity contribution in [1.82, 2.24) is 15.6 Å². The predicted molar refractivity (Wildman–Crippen MR) is 84.5 cm³/mol. The zero-order valence-corrected chi connectivity index (χ0v) is 13.9. The van der Waals surface area contributed by atoms with Gasteiger partial charge in [-0.2, -0.15) is 13.2 Å². The third kappa shape index (κ3) is 6.77. The highest BCUT2D eigenvalue weighted by Gasteiger charge is 2.29. The summed E-state index contributed by atoms with van der Waals surface area (Å²) in [7, 11) is 0. The number of nitrogens with zero attached hydrogens (tertiary/aromatic N) is 1. The van der Waals surface area contributed by atoms with Gasteiger partial charge in [0.1, 0.15) is 0 Å². The average Bonchev–Trinajstić information content (AvgIpc) is 2.58. The van der Waals surface area contributed by atoms with Crippen LogP contribution in [0.25, 0.3) is 0 Å². The van der Waals surface area contributed by atoms with E-state index in [1.54, 1.807) is 6.07 Å². The van der Waals surface area contributed by atoms with Crippen LogP contribution in [0, 0.1) is 5.92 Å². The Morgan fingerprint density at radius 3 is 2.58 bits per heavy atom. The summed E-state index contributed by atoms with van der Waals surface area (Å²) in [5.74, 6) is -1.34. The molecular weight excluding hydrogens is 355 g/mol. The topological polar surface area (TPSA) is 101 Å². The first-order valence-corrected chi connectivity index (χ1v) is 8.14. The second kappa shape index (κ2) is 8.72. The largest absolute Gasteiger partial charge is 0.481 e. The van der Waals surface area contributed by atoms with Crippen molar-refractivity contribution < 1.29 is 32.6 Å². The number of rotatable bonds is 6. The summed E-state index contributed by atoms with van der Waals surface area (Å²) in [6, 6.07) is 2.37. The molecule has 0 spiro atoms. The first kappa shape index (κ1) is 19.8. The highest BCUT2D eigenvalue weighted by molar-refractivity contribution is 5.74. The first-order valence-electron chi connectivity index (χ1n) is 8.14. The Kier molecular flexibility index (Phi) is 6.64. The summed E-state index contributed by atoms with van der Waals surface area (Å²) in [6.45, 7) is -1.34. The Balaban J connectivity index is 1.74. The van der Waals surface area contributed by atoms with Crippen molar-refractivity contribution >= 4 is 12.0 Å². The number of amides is 2. The van der Waals surface area contributed by atoms with Crippen molar-refractivity contribution in [1.29, 1.82) is 0 Å². The van der Waals surface area contributed by atoms with Crippen molar-refractivity contribution in [2.75, 3.05) is 6.61 Å². The van der Waals surface area contributed by atoms with E-state index in [9.17, 15) is 22.8 Å². The molecule has 1 aromatic heterocycles. The summed E-state index contributed by atoms with van der Waals surface area (Å²) in [6.07, 6.45) is -0.928. The zero-order valence-electron chi connectivity index (χ0n) is 13.9. The Hall–Kier alpha value is -2.52. The number of nitrogens with one attached hydrogen (secondary N) is 2. The average molecular weight is 375 g/mol. The predicted octanol–water partition coefficient (Wildman–Crippen LogP) is 2.47. The molecule has 0 bridgehead atoms. The van der Waals surface area contributed by atoms with E-state index in [0.29, 0.717) is 31.2 Å². The maximum Gasteiger partial charge on any atom is 0.422 e. The zero-order chi connectivity index (χ0) is 19.2. The third-order valence-corrected chi connectivity index (χ3v) is 4.05. The van der Waals surface area contributed by atoms with Crippen LogP contribution in [0.5, 0.6) is 5.88 Å². The van der Waals surface area contributed by atoms with Gasteiger partial charge in [0.05, 0.1) is 5.92 Å². The van der Waals surface area contributed by atoms with Crippen molar-refractivity contribution in [2.45, 2.75) is 44.4 Å². The second-order valence-electron chi connectivity index (χ2n) is 6.12. The van der Waals surface area contributed by atoms with E-state index in [4.69, 9.17) is 5.11 Å². The maximum atomic E-state index is 12.1. The summed E-state index contributed by atoms with van der Waals surface area (Å²) in [5.41, 5.74) is 0.543. The number of carboxylic acid groups (broad SMARTS) is 1. The van der Waals surface area contributed by atoms with Crippen molar-refractivity contribution in [3.8, 4) is 5.88 Å². The SMILES string of the molecule is O=C(NCc1ccnc(OCC(F)(F)F)c1)NC1CCC(C(=O)O)CC1. The lowest BCUT2D eigenvalue weighted by Crippen LogP contribution is -2.43. The number of halogens is 3. The molecule has 10 heteroatoms. The molecule has 0 unspecified atom stereocenters. The molecule has 1 aliphatic carbocycles. The number of ether oxygens (including phenoxy) is 1. The number of urea groups is 1. The summed E-state index contributed by atoms with van der Waals surface area (Å²) in [5, 5.41) is 14.3. The summed E-state index contributed by atoms with van der Waals surface area (Å²) >= 11 is 0. The van der Waals surface area contributed by atoms with Crippen LogP contribution in [-0.4, -0.2) is 40.9 Å². The fourth-order valence-corrected chi connectivity index (χ4v) is 2.70. The molecule has 1 aliphatic rings. The van der Waals surface area contributed by atoms with Gasteiger partial charge in [0, 0.05) is 24.8 Å². The van der Waals surface area contributed by atoms with Crippen molar-refractivity contribution in [3.05, 3.63) is 23.9 Å². The van der Waals surface area contributed by atoms with Gasteiger partial charge in [0.2, 0.25) is 5.88 Å². The standard InChI is InChI=1S/C16H20F3N3O4/c17-16(18,19)9-26-13-7-10(5-6-20-13)8-21-15(25)22-12-3-1-11(2-4-12)14(23)24/h5-7,11-12H,1-4,8-9H2,(H,23,24)(H2,21,22,25). The lowest BCUT2D eigenvalue weighted by molar-refractivity contribution is -0.154. The van der Waals surface area contributed by atoms with E-state index in [1.807, 2.05) is 0 Å². The number of carbonyl (C=O) groups excluding carboxylic acids is 1. The van der Waals surface area contributed by atoms with Crippen LogP contribution in [-0.2, 0) is 11.3 Å². The third-order valence-electron chi connectivity index (χ3n) is 4.05. The lowest BCUT2D eigenvalue weighted by atomic mass is 9.86.